The van der Waals surface area contributed by atoms with Crippen molar-refractivity contribution in [2.75, 3.05) is 32.8 Å². The smallest absolute Gasteiger partial charge is 0.347 e. The van der Waals surface area contributed by atoms with Gasteiger partial charge in [-0.3, -0.25) is 4.79 Å². The number of sulfonamides is 1. The van der Waals surface area contributed by atoms with Crippen molar-refractivity contribution >= 4 is 33.3 Å². The Hall–Kier alpha value is -3.64. The molecule has 0 bridgehead atoms. The van der Waals surface area contributed by atoms with E-state index >= 15 is 0 Å². The Morgan fingerprint density at radius 3 is 2.57 bits per heavy atom. The summed E-state index contributed by atoms with van der Waals surface area (Å²) in [5.74, 6) is -0.188. The molecule has 0 saturated heterocycles. The molecule has 11 nitrogen and oxygen atoms in total. The van der Waals surface area contributed by atoms with Crippen molar-refractivity contribution in [2.24, 2.45) is 5.16 Å². The first kappa shape index (κ1) is 26.0. The highest BCUT2D eigenvalue weighted by Gasteiger charge is 2.22. The molecule has 1 unspecified atom stereocenters. The molecule has 0 spiro atoms. The van der Waals surface area contributed by atoms with Crippen LogP contribution in [-0.2, 0) is 29.2 Å². The number of nitrogens with one attached hydrogen (secondary N) is 1. The van der Waals surface area contributed by atoms with Crippen molar-refractivity contribution in [3.8, 4) is 11.5 Å². The Labute approximate surface area is 203 Å². The lowest BCUT2D eigenvalue weighted by molar-refractivity contribution is -0.157. The van der Waals surface area contributed by atoms with Gasteiger partial charge in [0.25, 0.3) is 5.91 Å². The third-order valence-corrected chi connectivity index (χ3v) is 6.91. The van der Waals surface area contributed by atoms with Crippen LogP contribution >= 0.6 is 0 Å². The largest absolute Gasteiger partial charge is 0.454 e. The van der Waals surface area contributed by atoms with Crippen molar-refractivity contribution < 1.29 is 37.1 Å². The van der Waals surface area contributed by atoms with E-state index in [1.165, 1.54) is 33.2 Å². The highest BCUT2D eigenvalue weighted by molar-refractivity contribution is 7.89. The van der Waals surface area contributed by atoms with Crippen LogP contribution in [0.15, 0.2) is 46.4 Å². The third kappa shape index (κ3) is 6.28. The fraction of sp³-hybridized carbons (Fsp3) is 0.348. The maximum Gasteiger partial charge on any atom is 0.347 e. The van der Waals surface area contributed by atoms with Gasteiger partial charge in [-0.2, -0.15) is 0 Å². The molecule has 2 aromatic rings. The summed E-state index contributed by atoms with van der Waals surface area (Å²) in [6.45, 7) is 4.46. The van der Waals surface area contributed by atoms with Gasteiger partial charge in [0.1, 0.15) is 0 Å². The number of benzene rings is 2. The molecule has 1 N–H and O–H groups in total. The maximum atomic E-state index is 12.5. The van der Waals surface area contributed by atoms with Gasteiger partial charge in [0.15, 0.2) is 17.6 Å². The van der Waals surface area contributed by atoms with E-state index in [1.54, 1.807) is 38.1 Å². The number of amides is 1. The number of esters is 1. The summed E-state index contributed by atoms with van der Waals surface area (Å²) in [6, 6.07) is 9.66. The molecule has 0 aromatic heterocycles. The van der Waals surface area contributed by atoms with E-state index in [0.29, 0.717) is 28.5 Å². The minimum absolute atomic E-state index is 0.0251. The summed E-state index contributed by atoms with van der Waals surface area (Å²) in [4.78, 5) is 29.7. The molecule has 2 aromatic carbocycles. The number of ether oxygens (including phenoxy) is 3. The SMILES string of the molecule is C/C(=N/OCC(=O)OC(C)C(=O)Nc1cc(S(=O)(=O)N(C)C)ccc1C)c1ccc2c(c1)OCO2. The number of aryl methyl sites for hydroxylation is 1. The summed E-state index contributed by atoms with van der Waals surface area (Å²) >= 11 is 0. The number of oxime groups is 1. The van der Waals surface area contributed by atoms with Crippen LogP contribution in [0, 0.1) is 6.92 Å². The van der Waals surface area contributed by atoms with Gasteiger partial charge >= 0.3 is 5.97 Å². The molecular formula is C23H27N3O8S. The zero-order valence-electron chi connectivity index (χ0n) is 20.0. The van der Waals surface area contributed by atoms with Gasteiger partial charge < -0.3 is 24.4 Å². The average molecular weight is 506 g/mol. The minimum Gasteiger partial charge on any atom is -0.454 e. The van der Waals surface area contributed by atoms with Crippen molar-refractivity contribution in [2.45, 2.75) is 31.8 Å². The Balaban J connectivity index is 1.54. The fourth-order valence-corrected chi connectivity index (χ4v) is 3.91. The molecule has 0 aliphatic carbocycles. The van der Waals surface area contributed by atoms with Crippen molar-refractivity contribution in [1.82, 2.24) is 4.31 Å². The number of carbonyl (C=O) groups excluding carboxylic acids is 2. The maximum absolute atomic E-state index is 12.5. The molecular weight excluding hydrogens is 478 g/mol. The van der Waals surface area contributed by atoms with E-state index in [2.05, 4.69) is 10.5 Å². The van der Waals surface area contributed by atoms with E-state index in [0.717, 1.165) is 9.87 Å². The minimum atomic E-state index is -3.68. The van der Waals surface area contributed by atoms with Gasteiger partial charge in [-0.25, -0.2) is 17.5 Å². The Bertz CT molecular complexity index is 1260. The number of nitrogens with zero attached hydrogens (tertiary/aromatic N) is 2. The molecule has 1 aliphatic rings. The molecule has 1 atom stereocenters. The third-order valence-electron chi connectivity index (χ3n) is 5.10. The number of hydrogen-bond acceptors (Lipinski definition) is 9. The van der Waals surface area contributed by atoms with E-state index in [9.17, 15) is 18.0 Å². The van der Waals surface area contributed by atoms with E-state index in [1.807, 2.05) is 0 Å². The summed E-state index contributed by atoms with van der Waals surface area (Å²) in [7, 11) is -0.848. The van der Waals surface area contributed by atoms with Crippen LogP contribution in [0.25, 0.3) is 0 Å². The lowest BCUT2D eigenvalue weighted by Crippen LogP contribution is -2.31. The van der Waals surface area contributed by atoms with Crippen LogP contribution in [-0.4, -0.2) is 63.9 Å². The first-order chi connectivity index (χ1) is 16.5. The van der Waals surface area contributed by atoms with Crippen LogP contribution < -0.4 is 14.8 Å². The number of carbonyl (C=O) groups is 2. The molecule has 0 saturated carbocycles. The summed E-state index contributed by atoms with van der Waals surface area (Å²) in [5.41, 5.74) is 2.17. The summed E-state index contributed by atoms with van der Waals surface area (Å²) in [5, 5.41) is 6.49. The molecule has 0 fully saturated rings. The zero-order valence-corrected chi connectivity index (χ0v) is 20.8. The average Bonchev–Trinajstić information content (AvgIpc) is 3.28. The molecule has 1 aliphatic heterocycles. The van der Waals surface area contributed by atoms with Gasteiger partial charge in [-0.1, -0.05) is 11.2 Å². The highest BCUT2D eigenvalue weighted by atomic mass is 32.2. The standard InChI is InChI=1S/C23H27N3O8S/c1-14-6-8-18(35(29,30)26(4)5)11-19(14)24-23(28)16(3)34-22(27)12-33-25-15(2)17-7-9-20-21(10-17)32-13-31-20/h6-11,16H,12-13H2,1-5H3,(H,24,28)/b25-15-. The first-order valence-electron chi connectivity index (χ1n) is 10.6. The molecule has 0 radical (unpaired) electrons. The van der Waals surface area contributed by atoms with E-state index in [4.69, 9.17) is 19.0 Å². The molecule has 1 heterocycles. The number of fused-ring (bicyclic) bond motifs is 1. The molecule has 1 amide bonds. The van der Waals surface area contributed by atoms with Crippen molar-refractivity contribution in [1.29, 1.82) is 0 Å². The van der Waals surface area contributed by atoms with Gasteiger partial charge in [-0.15, -0.1) is 0 Å². The monoisotopic (exact) mass is 505 g/mol. The van der Waals surface area contributed by atoms with Gasteiger partial charge in [0, 0.05) is 25.3 Å². The molecule has 188 valence electrons. The topological polar surface area (TPSA) is 133 Å². The molecule has 12 heteroatoms. The molecule has 3 rings (SSSR count). The Kier molecular flexibility index (Phi) is 7.97. The summed E-state index contributed by atoms with van der Waals surface area (Å²) < 4.78 is 41.5. The molecule has 35 heavy (non-hydrogen) atoms. The Morgan fingerprint density at radius 2 is 1.86 bits per heavy atom. The van der Waals surface area contributed by atoms with Crippen LogP contribution in [0.3, 0.4) is 0 Å². The quantitative estimate of drug-likeness (QED) is 0.312. The fourth-order valence-electron chi connectivity index (χ4n) is 2.98. The lowest BCUT2D eigenvalue weighted by Gasteiger charge is -2.16. The second-order valence-corrected chi connectivity index (χ2v) is 10.1. The number of anilines is 1. The van der Waals surface area contributed by atoms with E-state index < -0.39 is 34.6 Å². The van der Waals surface area contributed by atoms with E-state index in [-0.39, 0.29) is 11.7 Å². The lowest BCUT2D eigenvalue weighted by atomic mass is 10.1. The predicted molar refractivity (Wildman–Crippen MR) is 127 cm³/mol. The number of rotatable bonds is 9. The van der Waals surface area contributed by atoms with Crippen LogP contribution in [0.5, 0.6) is 11.5 Å². The van der Waals surface area contributed by atoms with Crippen molar-refractivity contribution in [3.05, 3.63) is 47.5 Å². The van der Waals surface area contributed by atoms with Gasteiger partial charge in [-0.05, 0) is 56.7 Å². The second kappa shape index (κ2) is 10.7. The van der Waals surface area contributed by atoms with Crippen molar-refractivity contribution in [3.63, 3.8) is 0 Å². The van der Waals surface area contributed by atoms with Crippen LogP contribution in [0.2, 0.25) is 0 Å². The van der Waals surface area contributed by atoms with Gasteiger partial charge in [0.2, 0.25) is 23.4 Å². The number of hydrogen-bond donors (Lipinski definition) is 1. The Morgan fingerprint density at radius 1 is 1.14 bits per heavy atom. The van der Waals surface area contributed by atoms with Crippen LogP contribution in [0.4, 0.5) is 5.69 Å². The van der Waals surface area contributed by atoms with Gasteiger partial charge in [0.05, 0.1) is 10.6 Å². The zero-order chi connectivity index (χ0) is 25.8. The normalized spacial score (nSPS) is 13.9. The first-order valence-corrected chi connectivity index (χ1v) is 12.0. The highest BCUT2D eigenvalue weighted by Crippen LogP contribution is 2.32. The van der Waals surface area contributed by atoms with Crippen LogP contribution in [0.1, 0.15) is 25.0 Å². The predicted octanol–water partition coefficient (Wildman–Crippen LogP) is 2.29. The second-order valence-electron chi connectivity index (χ2n) is 7.90. The summed E-state index contributed by atoms with van der Waals surface area (Å²) in [6.07, 6.45) is -1.15.